The van der Waals surface area contributed by atoms with Gasteiger partial charge in [-0.25, -0.2) is 0 Å². The number of hydrogen-bond donors (Lipinski definition) is 0. The molecule has 1 fully saturated rings. The molecule has 170 valence electrons. The smallest absolute Gasteiger partial charge is 0.0141 e. The molecule has 2 aliphatic rings. The fraction of sp³-hybridized carbons (Fsp3) is 0.733. The lowest BCUT2D eigenvalue weighted by molar-refractivity contribution is 0.0590. The molecule has 0 aromatic heterocycles. The van der Waals surface area contributed by atoms with Crippen LogP contribution in [0.15, 0.2) is 46.6 Å². The molecule has 0 heterocycles. The molecule has 0 heteroatoms. The first-order valence-electron chi connectivity index (χ1n) is 12.7. The summed E-state index contributed by atoms with van der Waals surface area (Å²) >= 11 is 0. The molecule has 0 N–H and O–H groups in total. The van der Waals surface area contributed by atoms with Gasteiger partial charge in [0.1, 0.15) is 0 Å². The van der Waals surface area contributed by atoms with Gasteiger partial charge >= 0.3 is 0 Å². The molecule has 3 atom stereocenters. The van der Waals surface area contributed by atoms with Gasteiger partial charge < -0.3 is 0 Å². The zero-order chi connectivity index (χ0) is 22.4. The van der Waals surface area contributed by atoms with E-state index in [9.17, 15) is 0 Å². The maximum atomic E-state index is 2.63. The van der Waals surface area contributed by atoms with Gasteiger partial charge in [-0.3, -0.25) is 0 Å². The van der Waals surface area contributed by atoms with Gasteiger partial charge in [0.15, 0.2) is 0 Å². The highest BCUT2D eigenvalue weighted by Gasteiger charge is 2.47. The lowest BCUT2D eigenvalue weighted by Crippen LogP contribution is -2.43. The average molecular weight is 411 g/mol. The summed E-state index contributed by atoms with van der Waals surface area (Å²) in [4.78, 5) is 0. The van der Waals surface area contributed by atoms with E-state index in [-0.39, 0.29) is 0 Å². The third-order valence-corrected chi connectivity index (χ3v) is 8.36. The van der Waals surface area contributed by atoms with Crippen LogP contribution in [0.25, 0.3) is 0 Å². The van der Waals surface area contributed by atoms with E-state index < -0.39 is 0 Å². The standard InChI is InChI=1S/C30H50/c1-23(2)13-9-14-24(3)15-10-16-25(4)17-11-22-30(8)26(5)19-20-27-28(30)18-12-21-29(27,6)7/h13,15,17,20,26,28H,9-12,14,16,18-19,21-22H2,1-8H3/b24-15+,25-17+/t26-,28+,30+/m0/s1. The molecule has 0 saturated heterocycles. The number of allylic oxidation sites excluding steroid dienone is 8. The van der Waals surface area contributed by atoms with Crippen LogP contribution >= 0.6 is 0 Å². The van der Waals surface area contributed by atoms with E-state index in [1.54, 1.807) is 16.7 Å². The Hall–Kier alpha value is -1.04. The number of hydrogen-bond acceptors (Lipinski definition) is 0. The Morgan fingerprint density at radius 2 is 1.53 bits per heavy atom. The monoisotopic (exact) mass is 410 g/mol. The van der Waals surface area contributed by atoms with Crippen molar-refractivity contribution >= 4 is 0 Å². The molecular weight excluding hydrogens is 360 g/mol. The summed E-state index contributed by atoms with van der Waals surface area (Å²) in [5.41, 5.74) is 7.25. The normalized spacial score (nSPS) is 29.3. The highest BCUT2D eigenvalue weighted by atomic mass is 14.5. The van der Waals surface area contributed by atoms with Crippen molar-refractivity contribution in [3.8, 4) is 0 Å². The van der Waals surface area contributed by atoms with Crippen LogP contribution in [0.3, 0.4) is 0 Å². The molecule has 0 amide bonds. The fourth-order valence-corrected chi connectivity index (χ4v) is 5.93. The summed E-state index contributed by atoms with van der Waals surface area (Å²) in [6, 6.07) is 0. The molecule has 0 nitrogen and oxygen atoms in total. The van der Waals surface area contributed by atoms with Gasteiger partial charge in [-0.05, 0) is 108 Å². The van der Waals surface area contributed by atoms with Gasteiger partial charge in [0.05, 0.1) is 0 Å². The van der Waals surface area contributed by atoms with E-state index in [0.29, 0.717) is 10.8 Å². The van der Waals surface area contributed by atoms with Crippen molar-refractivity contribution in [3.05, 3.63) is 46.6 Å². The van der Waals surface area contributed by atoms with Crippen molar-refractivity contribution in [3.63, 3.8) is 0 Å². The van der Waals surface area contributed by atoms with Crippen molar-refractivity contribution < 1.29 is 0 Å². The van der Waals surface area contributed by atoms with Crippen LogP contribution < -0.4 is 0 Å². The highest BCUT2D eigenvalue weighted by Crippen LogP contribution is 2.57. The topological polar surface area (TPSA) is 0 Å². The van der Waals surface area contributed by atoms with Crippen molar-refractivity contribution in [2.45, 2.75) is 120 Å². The highest BCUT2D eigenvalue weighted by molar-refractivity contribution is 5.25. The summed E-state index contributed by atoms with van der Waals surface area (Å²) < 4.78 is 0. The molecule has 0 aromatic rings. The second-order valence-corrected chi connectivity index (χ2v) is 11.6. The fourth-order valence-electron chi connectivity index (χ4n) is 5.93. The minimum absolute atomic E-state index is 0.423. The van der Waals surface area contributed by atoms with Crippen molar-refractivity contribution in [1.82, 2.24) is 0 Å². The molecule has 0 aromatic carbocycles. The second-order valence-electron chi connectivity index (χ2n) is 11.6. The van der Waals surface area contributed by atoms with Crippen LogP contribution in [0, 0.1) is 22.7 Å². The summed E-state index contributed by atoms with van der Waals surface area (Å²) in [6.45, 7) is 19.1. The Balaban J connectivity index is 1.87. The number of fused-ring (bicyclic) bond motifs is 1. The van der Waals surface area contributed by atoms with E-state index >= 15 is 0 Å². The van der Waals surface area contributed by atoms with Gasteiger partial charge in [0, 0.05) is 0 Å². The Labute approximate surface area is 189 Å². The average Bonchev–Trinajstić information content (AvgIpc) is 2.64. The Morgan fingerprint density at radius 1 is 0.933 bits per heavy atom. The maximum absolute atomic E-state index is 2.63. The molecule has 30 heavy (non-hydrogen) atoms. The van der Waals surface area contributed by atoms with Crippen LogP contribution in [0.1, 0.15) is 120 Å². The third kappa shape index (κ3) is 6.73. The minimum atomic E-state index is 0.423. The van der Waals surface area contributed by atoms with Crippen molar-refractivity contribution in [1.29, 1.82) is 0 Å². The predicted octanol–water partition coefficient (Wildman–Crippen LogP) is 9.98. The molecule has 0 unspecified atom stereocenters. The molecule has 0 spiro atoms. The van der Waals surface area contributed by atoms with Crippen LogP contribution in [0.5, 0.6) is 0 Å². The van der Waals surface area contributed by atoms with Crippen molar-refractivity contribution in [2.75, 3.05) is 0 Å². The predicted molar refractivity (Wildman–Crippen MR) is 136 cm³/mol. The summed E-state index contributed by atoms with van der Waals surface area (Å²) in [5, 5.41) is 0. The van der Waals surface area contributed by atoms with Gasteiger partial charge in [0.25, 0.3) is 0 Å². The van der Waals surface area contributed by atoms with Crippen molar-refractivity contribution in [2.24, 2.45) is 22.7 Å². The third-order valence-electron chi connectivity index (χ3n) is 8.36. The molecule has 0 aliphatic heterocycles. The Morgan fingerprint density at radius 3 is 2.17 bits per heavy atom. The molecule has 2 aliphatic carbocycles. The maximum Gasteiger partial charge on any atom is -0.0141 e. The van der Waals surface area contributed by atoms with Gasteiger partial charge in [-0.15, -0.1) is 0 Å². The van der Waals surface area contributed by atoms with E-state index in [2.05, 4.69) is 79.7 Å². The first-order valence-corrected chi connectivity index (χ1v) is 12.7. The molecule has 0 radical (unpaired) electrons. The van der Waals surface area contributed by atoms with Crippen LogP contribution in [-0.4, -0.2) is 0 Å². The molecule has 0 bridgehead atoms. The molecule has 1 saturated carbocycles. The van der Waals surface area contributed by atoms with E-state index in [4.69, 9.17) is 0 Å². The van der Waals surface area contributed by atoms with Crippen LogP contribution in [0.2, 0.25) is 0 Å². The molecule has 2 rings (SSSR count). The Bertz CT molecular complexity index is 677. The SMILES string of the molecule is CC(C)=CCC/C(C)=C/CC/C(C)=C/CC[C@@]1(C)[C@@H]2CCCC(C)(C)C2=CC[C@@H]1C. The Kier molecular flexibility index (Phi) is 9.26. The molecular formula is C30H50. The quantitative estimate of drug-likeness (QED) is 0.332. The largest absolute Gasteiger partial charge is 0.0856 e. The zero-order valence-electron chi connectivity index (χ0n) is 21.5. The lowest BCUT2D eigenvalue weighted by atomic mass is 9.52. The van der Waals surface area contributed by atoms with Gasteiger partial charge in [-0.1, -0.05) is 80.7 Å². The van der Waals surface area contributed by atoms with E-state index in [0.717, 1.165) is 11.8 Å². The second kappa shape index (κ2) is 11.0. The van der Waals surface area contributed by atoms with Gasteiger partial charge in [0.2, 0.25) is 0 Å². The van der Waals surface area contributed by atoms with Gasteiger partial charge in [-0.2, -0.15) is 0 Å². The van der Waals surface area contributed by atoms with Crippen LogP contribution in [0.4, 0.5) is 0 Å². The van der Waals surface area contributed by atoms with E-state index in [1.807, 2.05) is 0 Å². The summed E-state index contributed by atoms with van der Waals surface area (Å²) in [7, 11) is 0. The summed E-state index contributed by atoms with van der Waals surface area (Å²) in [5.74, 6) is 1.62. The van der Waals surface area contributed by atoms with Crippen LogP contribution in [-0.2, 0) is 0 Å². The zero-order valence-corrected chi connectivity index (χ0v) is 21.5. The first kappa shape index (κ1) is 25.2. The number of rotatable bonds is 9. The first-order chi connectivity index (χ1) is 14.1. The lowest BCUT2D eigenvalue weighted by Gasteiger charge is -2.53. The summed E-state index contributed by atoms with van der Waals surface area (Å²) in [6.07, 6.45) is 22.9. The van der Waals surface area contributed by atoms with E-state index in [1.165, 1.54) is 69.8 Å². The minimum Gasteiger partial charge on any atom is -0.0856 e.